The van der Waals surface area contributed by atoms with Gasteiger partial charge in [0.15, 0.2) is 0 Å². The standard InChI is InChI=1S/C23H27N3O6S/c1-11(2)18-16-9-10-17(18)20(23(28)29)19(16)21(27)24-14-5-7-15(8-6-14)33(30,31)26-22-12(3)13(4)25-32-22/h5-8,16-17,19-20,26H,9-10H2,1-4H3,(H,24,27)(H,28,29)/t16-,17+,19+,20+/m0/s1. The molecule has 2 saturated carbocycles. The van der Waals surface area contributed by atoms with Crippen molar-refractivity contribution >= 4 is 33.5 Å². The fraction of sp³-hybridized carbons (Fsp3) is 0.435. The average molecular weight is 474 g/mol. The lowest BCUT2D eigenvalue weighted by Crippen LogP contribution is -2.37. The van der Waals surface area contributed by atoms with Crippen LogP contribution in [0.3, 0.4) is 0 Å². The molecule has 176 valence electrons. The van der Waals surface area contributed by atoms with Gasteiger partial charge in [-0.2, -0.15) is 0 Å². The predicted molar refractivity (Wildman–Crippen MR) is 121 cm³/mol. The highest BCUT2D eigenvalue weighted by Crippen LogP contribution is 2.57. The van der Waals surface area contributed by atoms with Crippen molar-refractivity contribution in [3.8, 4) is 0 Å². The molecule has 1 aromatic heterocycles. The molecule has 0 spiro atoms. The van der Waals surface area contributed by atoms with E-state index in [1.165, 1.54) is 24.3 Å². The SMILES string of the molecule is CC(C)=C1[C@H]2CC[C@@H]1[C@@H](C(=O)Nc1ccc(S(=O)(=O)Nc3onc(C)c3C)cc1)[C@@H]2C(=O)O. The second-order valence-electron chi connectivity index (χ2n) is 8.98. The first-order chi connectivity index (χ1) is 15.5. The van der Waals surface area contributed by atoms with Crippen LogP contribution in [0.25, 0.3) is 0 Å². The van der Waals surface area contributed by atoms with Crippen LogP contribution in [0.2, 0.25) is 0 Å². The lowest BCUT2D eigenvalue weighted by atomic mass is 9.78. The Hall–Kier alpha value is -3.14. The molecule has 1 aromatic carbocycles. The maximum absolute atomic E-state index is 13.1. The van der Waals surface area contributed by atoms with Gasteiger partial charge in [-0.1, -0.05) is 16.3 Å². The highest BCUT2D eigenvalue weighted by atomic mass is 32.2. The molecule has 2 fully saturated rings. The number of anilines is 2. The molecule has 2 aliphatic carbocycles. The molecule has 2 aromatic rings. The Morgan fingerprint density at radius 1 is 1.06 bits per heavy atom. The van der Waals surface area contributed by atoms with E-state index in [9.17, 15) is 23.1 Å². The van der Waals surface area contributed by atoms with Crippen molar-refractivity contribution in [3.05, 3.63) is 46.7 Å². The molecule has 0 aliphatic heterocycles. The van der Waals surface area contributed by atoms with Gasteiger partial charge in [0.2, 0.25) is 11.8 Å². The number of benzene rings is 1. The number of hydrogen-bond acceptors (Lipinski definition) is 6. The van der Waals surface area contributed by atoms with Crippen LogP contribution in [-0.4, -0.2) is 30.6 Å². The van der Waals surface area contributed by atoms with Crippen molar-refractivity contribution in [1.82, 2.24) is 5.16 Å². The van der Waals surface area contributed by atoms with Gasteiger partial charge in [-0.25, -0.2) is 13.1 Å². The van der Waals surface area contributed by atoms with Gasteiger partial charge in [0.25, 0.3) is 10.0 Å². The second kappa shape index (κ2) is 8.33. The van der Waals surface area contributed by atoms with Gasteiger partial charge < -0.3 is 14.9 Å². The summed E-state index contributed by atoms with van der Waals surface area (Å²) >= 11 is 0. The lowest BCUT2D eigenvalue weighted by molar-refractivity contribution is -0.148. The number of carbonyl (C=O) groups is 2. The summed E-state index contributed by atoms with van der Waals surface area (Å²) in [6.45, 7) is 7.34. The van der Waals surface area contributed by atoms with E-state index in [1.807, 2.05) is 13.8 Å². The smallest absolute Gasteiger partial charge is 0.307 e. The number of amides is 1. The summed E-state index contributed by atoms with van der Waals surface area (Å²) in [4.78, 5) is 25.1. The minimum atomic E-state index is -3.91. The molecule has 0 unspecified atom stereocenters. The molecule has 1 heterocycles. The third kappa shape index (κ3) is 4.03. The van der Waals surface area contributed by atoms with E-state index in [0.29, 0.717) is 16.9 Å². The quantitative estimate of drug-likeness (QED) is 0.543. The van der Waals surface area contributed by atoms with E-state index in [1.54, 1.807) is 13.8 Å². The summed E-state index contributed by atoms with van der Waals surface area (Å²) in [5.74, 6) is -2.81. The number of allylic oxidation sites excluding steroid dienone is 2. The minimum absolute atomic E-state index is 0.0101. The molecule has 33 heavy (non-hydrogen) atoms. The number of carboxylic acids is 1. The number of carboxylic acid groups (broad SMARTS) is 1. The molecular weight excluding hydrogens is 446 g/mol. The summed E-state index contributed by atoms with van der Waals surface area (Å²) in [5, 5.41) is 16.3. The number of carbonyl (C=O) groups excluding carboxylic acids is 1. The Kier molecular flexibility index (Phi) is 5.81. The zero-order valence-corrected chi connectivity index (χ0v) is 19.7. The van der Waals surface area contributed by atoms with E-state index in [0.717, 1.165) is 24.0 Å². The van der Waals surface area contributed by atoms with E-state index < -0.39 is 27.8 Å². The number of aryl methyl sites for hydroxylation is 1. The van der Waals surface area contributed by atoms with Gasteiger partial charge in [-0.05, 0) is 76.6 Å². The summed E-state index contributed by atoms with van der Waals surface area (Å²) in [6, 6.07) is 5.70. The van der Waals surface area contributed by atoms with Crippen LogP contribution < -0.4 is 10.0 Å². The van der Waals surface area contributed by atoms with Crippen LogP contribution in [0.1, 0.15) is 37.9 Å². The Labute approximate surface area is 192 Å². The third-order valence-electron chi connectivity index (χ3n) is 6.82. The number of rotatable bonds is 6. The zero-order chi connectivity index (χ0) is 24.1. The number of fused-ring (bicyclic) bond motifs is 2. The fourth-order valence-corrected chi connectivity index (χ4v) is 6.29. The van der Waals surface area contributed by atoms with E-state index in [4.69, 9.17) is 4.52 Å². The number of nitrogens with one attached hydrogen (secondary N) is 2. The molecule has 0 radical (unpaired) electrons. The molecular formula is C23H27N3O6S. The molecule has 1 amide bonds. The van der Waals surface area contributed by atoms with E-state index in [-0.39, 0.29) is 28.5 Å². The molecule has 4 rings (SSSR count). The van der Waals surface area contributed by atoms with Crippen molar-refractivity contribution < 1.29 is 27.6 Å². The maximum atomic E-state index is 13.1. The fourth-order valence-electron chi connectivity index (χ4n) is 5.24. The van der Waals surface area contributed by atoms with Gasteiger partial charge in [-0.15, -0.1) is 0 Å². The van der Waals surface area contributed by atoms with Crippen LogP contribution in [0.5, 0.6) is 0 Å². The molecule has 3 N–H and O–H groups in total. The lowest BCUT2D eigenvalue weighted by Gasteiger charge is -2.26. The average Bonchev–Trinajstić information content (AvgIpc) is 3.41. The van der Waals surface area contributed by atoms with Gasteiger partial charge >= 0.3 is 5.97 Å². The topological polar surface area (TPSA) is 139 Å². The van der Waals surface area contributed by atoms with Crippen LogP contribution in [0, 0.1) is 37.5 Å². The van der Waals surface area contributed by atoms with Crippen LogP contribution in [-0.2, 0) is 19.6 Å². The van der Waals surface area contributed by atoms with Gasteiger partial charge in [0.05, 0.1) is 22.4 Å². The predicted octanol–water partition coefficient (Wildman–Crippen LogP) is 3.72. The monoisotopic (exact) mass is 473 g/mol. The van der Waals surface area contributed by atoms with Crippen molar-refractivity contribution in [2.24, 2.45) is 23.7 Å². The van der Waals surface area contributed by atoms with Crippen LogP contribution in [0.15, 0.2) is 44.8 Å². The van der Waals surface area contributed by atoms with Gasteiger partial charge in [0, 0.05) is 11.3 Å². The highest BCUT2D eigenvalue weighted by molar-refractivity contribution is 7.92. The van der Waals surface area contributed by atoms with Crippen molar-refractivity contribution in [1.29, 1.82) is 0 Å². The number of aliphatic carboxylic acids is 1. The summed E-state index contributed by atoms with van der Waals surface area (Å²) < 4.78 is 32.7. The number of nitrogens with zero attached hydrogens (tertiary/aromatic N) is 1. The number of aromatic nitrogens is 1. The Morgan fingerprint density at radius 3 is 2.18 bits per heavy atom. The van der Waals surface area contributed by atoms with Gasteiger partial charge in [0.1, 0.15) is 0 Å². The summed E-state index contributed by atoms with van der Waals surface area (Å²) in [6.07, 6.45) is 1.59. The largest absolute Gasteiger partial charge is 0.481 e. The van der Waals surface area contributed by atoms with Gasteiger partial charge in [-0.3, -0.25) is 9.59 Å². The summed E-state index contributed by atoms with van der Waals surface area (Å²) in [7, 11) is -3.91. The van der Waals surface area contributed by atoms with Crippen LogP contribution >= 0.6 is 0 Å². The Balaban J connectivity index is 1.51. The molecule has 10 heteroatoms. The first kappa shape index (κ1) is 23.0. The molecule has 4 atom stereocenters. The molecule has 2 aliphatic rings. The van der Waals surface area contributed by atoms with E-state index in [2.05, 4.69) is 15.2 Å². The minimum Gasteiger partial charge on any atom is -0.481 e. The molecule has 0 saturated heterocycles. The zero-order valence-electron chi connectivity index (χ0n) is 18.9. The number of hydrogen-bond donors (Lipinski definition) is 3. The van der Waals surface area contributed by atoms with Crippen molar-refractivity contribution in [2.75, 3.05) is 10.0 Å². The highest BCUT2D eigenvalue weighted by Gasteiger charge is 2.57. The van der Waals surface area contributed by atoms with Crippen molar-refractivity contribution in [2.45, 2.75) is 45.4 Å². The first-order valence-electron chi connectivity index (χ1n) is 10.8. The van der Waals surface area contributed by atoms with Crippen LogP contribution in [0.4, 0.5) is 11.6 Å². The second-order valence-corrected chi connectivity index (χ2v) is 10.7. The number of sulfonamides is 1. The molecule has 9 nitrogen and oxygen atoms in total. The summed E-state index contributed by atoms with van der Waals surface area (Å²) in [5.41, 5.74) is 3.77. The Morgan fingerprint density at radius 2 is 1.67 bits per heavy atom. The normalized spacial score (nSPS) is 24.1. The van der Waals surface area contributed by atoms with E-state index >= 15 is 0 Å². The molecule has 2 bridgehead atoms. The van der Waals surface area contributed by atoms with Crippen molar-refractivity contribution in [3.63, 3.8) is 0 Å². The maximum Gasteiger partial charge on any atom is 0.307 e. The Bertz CT molecular complexity index is 1240. The third-order valence-corrected chi connectivity index (χ3v) is 8.17. The first-order valence-corrected chi connectivity index (χ1v) is 12.3.